The van der Waals surface area contributed by atoms with Crippen molar-refractivity contribution in [2.75, 3.05) is 19.6 Å². The monoisotopic (exact) mass is 433 g/mol. The topological polar surface area (TPSA) is 78.5 Å². The van der Waals surface area contributed by atoms with E-state index in [0.29, 0.717) is 6.54 Å². The number of hydrogen-bond donors (Lipinski definition) is 2. The Labute approximate surface area is 177 Å². The van der Waals surface area contributed by atoms with Gasteiger partial charge in [-0.25, -0.2) is 12.8 Å². The summed E-state index contributed by atoms with van der Waals surface area (Å²) in [6.07, 6.45) is 2.24. The molecule has 0 radical (unpaired) electrons. The lowest BCUT2D eigenvalue weighted by Gasteiger charge is -2.29. The average Bonchev–Trinajstić information content (AvgIpc) is 3.23. The Morgan fingerprint density at radius 1 is 1.10 bits per heavy atom. The summed E-state index contributed by atoms with van der Waals surface area (Å²) in [6, 6.07) is 12.3. The maximum Gasteiger partial charge on any atom is 0.244 e. The minimum Gasteiger partial charge on any atom is -0.353 e. The van der Waals surface area contributed by atoms with Gasteiger partial charge < -0.3 is 5.32 Å². The van der Waals surface area contributed by atoms with Crippen LogP contribution in [0.25, 0.3) is 0 Å². The predicted octanol–water partition coefficient (Wildman–Crippen LogP) is 2.75. The fraction of sp³-hybridized carbons (Fsp3) is 0.409. The SMILES string of the molecule is Cc1ccc(C(CNC(=O)[C@H](C)NS(=O)(=O)c2ccccc2F)N2CCCC2)cc1. The first kappa shape index (κ1) is 22.4. The third-order valence-electron chi connectivity index (χ3n) is 5.36. The summed E-state index contributed by atoms with van der Waals surface area (Å²) in [5.74, 6) is -1.31. The molecule has 2 atom stereocenters. The summed E-state index contributed by atoms with van der Waals surface area (Å²) in [5, 5.41) is 2.86. The molecule has 2 aromatic carbocycles. The molecule has 1 saturated heterocycles. The third-order valence-corrected chi connectivity index (χ3v) is 6.94. The second-order valence-corrected chi connectivity index (χ2v) is 9.37. The molecule has 2 N–H and O–H groups in total. The van der Waals surface area contributed by atoms with E-state index in [1.807, 2.05) is 19.1 Å². The van der Waals surface area contributed by atoms with E-state index in [1.54, 1.807) is 0 Å². The van der Waals surface area contributed by atoms with Crippen LogP contribution >= 0.6 is 0 Å². The van der Waals surface area contributed by atoms with Gasteiger partial charge in [-0.15, -0.1) is 0 Å². The lowest BCUT2D eigenvalue weighted by atomic mass is 10.0. The highest BCUT2D eigenvalue weighted by Crippen LogP contribution is 2.25. The second-order valence-electron chi connectivity index (χ2n) is 7.69. The summed E-state index contributed by atoms with van der Waals surface area (Å²) in [4.78, 5) is 14.5. The van der Waals surface area contributed by atoms with Crippen LogP contribution in [0, 0.1) is 12.7 Å². The maximum absolute atomic E-state index is 13.9. The normalized spacial score (nSPS) is 16.9. The van der Waals surface area contributed by atoms with E-state index in [2.05, 4.69) is 27.1 Å². The van der Waals surface area contributed by atoms with Gasteiger partial charge in [-0.1, -0.05) is 42.0 Å². The molecule has 1 aliphatic heterocycles. The van der Waals surface area contributed by atoms with E-state index in [1.165, 1.54) is 30.7 Å². The Morgan fingerprint density at radius 3 is 2.37 bits per heavy atom. The largest absolute Gasteiger partial charge is 0.353 e. The quantitative estimate of drug-likeness (QED) is 0.671. The Balaban J connectivity index is 1.66. The first-order chi connectivity index (χ1) is 14.3. The number of halogens is 1. The number of likely N-dealkylation sites (tertiary alicyclic amines) is 1. The first-order valence-electron chi connectivity index (χ1n) is 10.1. The number of hydrogen-bond acceptors (Lipinski definition) is 4. The lowest BCUT2D eigenvalue weighted by molar-refractivity contribution is -0.122. The van der Waals surface area contributed by atoms with E-state index >= 15 is 0 Å². The lowest BCUT2D eigenvalue weighted by Crippen LogP contribution is -2.47. The molecule has 0 bridgehead atoms. The van der Waals surface area contributed by atoms with Crippen molar-refractivity contribution in [3.05, 3.63) is 65.5 Å². The summed E-state index contributed by atoms with van der Waals surface area (Å²) in [6.45, 7) is 5.77. The van der Waals surface area contributed by atoms with Gasteiger partial charge >= 0.3 is 0 Å². The Morgan fingerprint density at radius 2 is 1.73 bits per heavy atom. The minimum atomic E-state index is -4.14. The molecular formula is C22H28FN3O3S. The molecule has 2 aromatic rings. The minimum absolute atomic E-state index is 0.0208. The molecule has 1 fully saturated rings. The summed E-state index contributed by atoms with van der Waals surface area (Å²) in [7, 11) is -4.14. The number of rotatable bonds is 8. The van der Waals surface area contributed by atoms with Crippen LogP contribution in [0.1, 0.15) is 36.9 Å². The molecule has 1 unspecified atom stereocenters. The van der Waals surface area contributed by atoms with Gasteiger partial charge in [0.15, 0.2) is 0 Å². The van der Waals surface area contributed by atoms with Crippen molar-refractivity contribution in [2.24, 2.45) is 0 Å². The van der Waals surface area contributed by atoms with Gasteiger partial charge in [0, 0.05) is 6.54 Å². The number of amides is 1. The van der Waals surface area contributed by atoms with Crippen LogP contribution in [0.3, 0.4) is 0 Å². The molecule has 1 amide bonds. The van der Waals surface area contributed by atoms with E-state index in [0.717, 1.165) is 37.6 Å². The highest BCUT2D eigenvalue weighted by molar-refractivity contribution is 7.89. The molecule has 1 heterocycles. The van der Waals surface area contributed by atoms with Gasteiger partial charge in [0.05, 0.1) is 12.1 Å². The molecule has 30 heavy (non-hydrogen) atoms. The first-order valence-corrected chi connectivity index (χ1v) is 11.6. The fourth-order valence-electron chi connectivity index (χ4n) is 3.66. The van der Waals surface area contributed by atoms with Gasteiger partial charge in [0.25, 0.3) is 0 Å². The van der Waals surface area contributed by atoms with Crippen LogP contribution < -0.4 is 10.0 Å². The number of aryl methyl sites for hydroxylation is 1. The number of nitrogens with zero attached hydrogens (tertiary/aromatic N) is 1. The van der Waals surface area contributed by atoms with Crippen molar-refractivity contribution < 1.29 is 17.6 Å². The summed E-state index contributed by atoms with van der Waals surface area (Å²) in [5.41, 5.74) is 2.28. The summed E-state index contributed by atoms with van der Waals surface area (Å²) >= 11 is 0. The predicted molar refractivity (Wildman–Crippen MR) is 114 cm³/mol. The van der Waals surface area contributed by atoms with E-state index in [-0.39, 0.29) is 6.04 Å². The van der Waals surface area contributed by atoms with Crippen LogP contribution in [0.15, 0.2) is 53.4 Å². The maximum atomic E-state index is 13.9. The standard InChI is InChI=1S/C22H28FN3O3S/c1-16-9-11-18(12-10-16)20(26-13-5-6-14-26)15-24-22(27)17(2)25-30(28,29)21-8-4-3-7-19(21)23/h3-4,7-12,17,20,25H,5-6,13-15H2,1-2H3,(H,24,27)/t17-,20?/m0/s1. The molecule has 162 valence electrons. The fourth-order valence-corrected chi connectivity index (χ4v) is 4.94. The number of carbonyl (C=O) groups excluding carboxylic acids is 1. The van der Waals surface area contributed by atoms with Crippen molar-refractivity contribution in [1.82, 2.24) is 14.9 Å². The highest BCUT2D eigenvalue weighted by atomic mass is 32.2. The van der Waals surface area contributed by atoms with Crippen LogP contribution in [0.5, 0.6) is 0 Å². The summed E-state index contributed by atoms with van der Waals surface area (Å²) < 4.78 is 41.0. The van der Waals surface area contributed by atoms with Crippen LogP contribution in [-0.4, -0.2) is 44.9 Å². The Hall–Kier alpha value is -2.29. The number of benzene rings is 2. The van der Waals surface area contributed by atoms with E-state index < -0.39 is 32.7 Å². The van der Waals surface area contributed by atoms with Crippen LogP contribution in [0.4, 0.5) is 4.39 Å². The molecule has 0 saturated carbocycles. The number of sulfonamides is 1. The zero-order chi connectivity index (χ0) is 21.7. The van der Waals surface area contributed by atoms with Gasteiger partial charge in [0.2, 0.25) is 15.9 Å². The smallest absolute Gasteiger partial charge is 0.244 e. The highest BCUT2D eigenvalue weighted by Gasteiger charge is 2.27. The zero-order valence-corrected chi connectivity index (χ0v) is 18.1. The zero-order valence-electron chi connectivity index (χ0n) is 17.3. The van der Waals surface area contributed by atoms with Gasteiger partial charge in [0.1, 0.15) is 10.7 Å². The molecular weight excluding hydrogens is 405 g/mol. The average molecular weight is 434 g/mol. The van der Waals surface area contributed by atoms with E-state index in [9.17, 15) is 17.6 Å². The van der Waals surface area contributed by atoms with E-state index in [4.69, 9.17) is 0 Å². The molecule has 0 aliphatic carbocycles. The molecule has 0 aromatic heterocycles. The Bertz CT molecular complexity index is 973. The van der Waals surface area contributed by atoms with Crippen molar-refractivity contribution in [3.63, 3.8) is 0 Å². The van der Waals surface area contributed by atoms with Crippen molar-refractivity contribution in [1.29, 1.82) is 0 Å². The molecule has 8 heteroatoms. The van der Waals surface area contributed by atoms with Gasteiger partial charge in [-0.2, -0.15) is 4.72 Å². The number of carbonyl (C=O) groups is 1. The molecule has 3 rings (SSSR count). The Kier molecular flexibility index (Phi) is 7.23. The molecule has 6 nitrogen and oxygen atoms in total. The van der Waals surface area contributed by atoms with Crippen molar-refractivity contribution >= 4 is 15.9 Å². The van der Waals surface area contributed by atoms with Crippen LogP contribution in [-0.2, 0) is 14.8 Å². The van der Waals surface area contributed by atoms with Crippen molar-refractivity contribution in [3.8, 4) is 0 Å². The third kappa shape index (κ3) is 5.44. The molecule has 1 aliphatic rings. The van der Waals surface area contributed by atoms with Gasteiger partial charge in [-0.3, -0.25) is 9.69 Å². The van der Waals surface area contributed by atoms with Crippen molar-refractivity contribution in [2.45, 2.75) is 43.7 Å². The van der Waals surface area contributed by atoms with Gasteiger partial charge in [-0.05, 0) is 57.5 Å². The second kappa shape index (κ2) is 9.68. The number of nitrogens with one attached hydrogen (secondary N) is 2. The van der Waals surface area contributed by atoms with Crippen LogP contribution in [0.2, 0.25) is 0 Å². The molecule has 0 spiro atoms.